The molecule has 9 heteroatoms. The van der Waals surface area contributed by atoms with Crippen LogP contribution in [-0.2, 0) is 15.1 Å². The lowest BCUT2D eigenvalue weighted by atomic mass is 9.92. The Morgan fingerprint density at radius 3 is 2.48 bits per heavy atom. The van der Waals surface area contributed by atoms with Crippen LogP contribution in [-0.4, -0.2) is 61.4 Å². The van der Waals surface area contributed by atoms with Crippen LogP contribution in [0, 0.1) is 0 Å². The highest BCUT2D eigenvalue weighted by Crippen LogP contribution is 2.31. The molecule has 164 valence electrons. The molecule has 0 spiro atoms. The summed E-state index contributed by atoms with van der Waals surface area (Å²) in [6, 6.07) is 12.5. The first-order valence-electron chi connectivity index (χ1n) is 9.56. The van der Waals surface area contributed by atoms with Gasteiger partial charge in [0.15, 0.2) is 0 Å². The van der Waals surface area contributed by atoms with Crippen LogP contribution in [0.1, 0.15) is 22.8 Å². The molecule has 1 heterocycles. The maximum atomic E-state index is 13.0. The lowest BCUT2D eigenvalue weighted by Gasteiger charge is -2.23. The number of benzene rings is 2. The maximum Gasteiger partial charge on any atom is 0.337 e. The molecule has 2 N–H and O–H groups in total. The molecule has 9 nitrogen and oxygen atoms in total. The number of methoxy groups -OCH3 is 2. The van der Waals surface area contributed by atoms with Gasteiger partial charge >= 0.3 is 12.0 Å². The van der Waals surface area contributed by atoms with Gasteiger partial charge in [0.25, 0.3) is 5.91 Å². The number of imide groups is 1. The van der Waals surface area contributed by atoms with Gasteiger partial charge in [-0.05, 0) is 48.9 Å². The average Bonchev–Trinajstić information content (AvgIpc) is 3.01. The van der Waals surface area contributed by atoms with Crippen molar-refractivity contribution in [2.24, 2.45) is 0 Å². The van der Waals surface area contributed by atoms with Gasteiger partial charge in [-0.2, -0.15) is 0 Å². The Balaban J connectivity index is 1.62. The van der Waals surface area contributed by atoms with Crippen LogP contribution >= 0.6 is 0 Å². The fourth-order valence-corrected chi connectivity index (χ4v) is 3.25. The highest BCUT2D eigenvalue weighted by atomic mass is 16.5. The molecule has 0 aromatic heterocycles. The number of urea groups is 1. The number of esters is 1. The first-order chi connectivity index (χ1) is 14.8. The largest absolute Gasteiger partial charge is 0.497 e. The fourth-order valence-electron chi connectivity index (χ4n) is 3.25. The third-order valence-corrected chi connectivity index (χ3v) is 5.03. The zero-order valence-electron chi connectivity index (χ0n) is 17.5. The molecule has 2 aromatic rings. The van der Waals surface area contributed by atoms with Gasteiger partial charge < -0.3 is 24.6 Å². The molecule has 0 bridgehead atoms. The highest BCUT2D eigenvalue weighted by Gasteiger charge is 2.49. The van der Waals surface area contributed by atoms with Crippen molar-refractivity contribution in [2.45, 2.75) is 18.6 Å². The van der Waals surface area contributed by atoms with E-state index in [1.807, 2.05) is 0 Å². The standard InChI is InChI=1S/C22H24N2O7/c1-22(15-5-4-6-18(11-15)29-2)20(27)24(21(28)23-22)12-16(25)13-31-17-9-7-14(8-10-17)19(26)30-3/h4-11,16,25H,12-13H2,1-3H3,(H,23,28). The van der Waals surface area contributed by atoms with Crippen molar-refractivity contribution >= 4 is 17.9 Å². The van der Waals surface area contributed by atoms with Crippen LogP contribution < -0.4 is 14.8 Å². The highest BCUT2D eigenvalue weighted by molar-refractivity contribution is 6.07. The van der Waals surface area contributed by atoms with E-state index in [2.05, 4.69) is 10.1 Å². The van der Waals surface area contributed by atoms with Gasteiger partial charge in [0, 0.05) is 0 Å². The van der Waals surface area contributed by atoms with Crippen LogP contribution in [0.5, 0.6) is 11.5 Å². The Kier molecular flexibility index (Phi) is 6.45. The number of ether oxygens (including phenoxy) is 3. The number of rotatable bonds is 8. The summed E-state index contributed by atoms with van der Waals surface area (Å²) >= 11 is 0. The predicted octanol–water partition coefficient (Wildman–Crippen LogP) is 1.69. The third kappa shape index (κ3) is 4.61. The minimum absolute atomic E-state index is 0.148. The van der Waals surface area contributed by atoms with Gasteiger partial charge in [-0.3, -0.25) is 9.69 Å². The van der Waals surface area contributed by atoms with Gasteiger partial charge in [0.2, 0.25) is 0 Å². The number of amides is 3. The molecule has 1 fully saturated rings. The molecule has 2 unspecified atom stereocenters. The van der Waals surface area contributed by atoms with E-state index in [9.17, 15) is 19.5 Å². The van der Waals surface area contributed by atoms with Gasteiger partial charge in [-0.15, -0.1) is 0 Å². The maximum absolute atomic E-state index is 13.0. The van der Waals surface area contributed by atoms with E-state index in [0.717, 1.165) is 4.90 Å². The number of aliphatic hydroxyl groups is 1. The van der Waals surface area contributed by atoms with E-state index in [1.165, 1.54) is 26.4 Å². The van der Waals surface area contributed by atoms with Crippen molar-refractivity contribution in [2.75, 3.05) is 27.4 Å². The Labute approximate surface area is 179 Å². The molecule has 3 amide bonds. The fraction of sp³-hybridized carbons (Fsp3) is 0.318. The van der Waals surface area contributed by atoms with E-state index in [4.69, 9.17) is 9.47 Å². The number of aliphatic hydroxyl groups excluding tert-OH is 1. The number of hydrogen-bond acceptors (Lipinski definition) is 7. The van der Waals surface area contributed by atoms with E-state index in [-0.39, 0.29) is 13.2 Å². The zero-order valence-corrected chi connectivity index (χ0v) is 17.5. The molecular formula is C22H24N2O7. The summed E-state index contributed by atoms with van der Waals surface area (Å²) in [5, 5.41) is 13.0. The van der Waals surface area contributed by atoms with Crippen molar-refractivity contribution in [3.63, 3.8) is 0 Å². The van der Waals surface area contributed by atoms with E-state index in [0.29, 0.717) is 22.6 Å². The second-order valence-corrected chi connectivity index (χ2v) is 7.18. The summed E-state index contributed by atoms with van der Waals surface area (Å²) in [4.78, 5) is 37.8. The van der Waals surface area contributed by atoms with Crippen molar-refractivity contribution in [3.05, 3.63) is 59.7 Å². The van der Waals surface area contributed by atoms with Crippen LogP contribution in [0.2, 0.25) is 0 Å². The van der Waals surface area contributed by atoms with E-state index < -0.39 is 29.6 Å². The predicted molar refractivity (Wildman–Crippen MR) is 110 cm³/mol. The van der Waals surface area contributed by atoms with Crippen LogP contribution in [0.15, 0.2) is 48.5 Å². The van der Waals surface area contributed by atoms with E-state index >= 15 is 0 Å². The van der Waals surface area contributed by atoms with Gasteiger partial charge in [0.1, 0.15) is 29.7 Å². The van der Waals surface area contributed by atoms with Crippen LogP contribution in [0.3, 0.4) is 0 Å². The molecule has 2 aromatic carbocycles. The van der Waals surface area contributed by atoms with E-state index in [1.54, 1.807) is 43.3 Å². The molecule has 31 heavy (non-hydrogen) atoms. The third-order valence-electron chi connectivity index (χ3n) is 5.03. The van der Waals surface area contributed by atoms with Gasteiger partial charge in [-0.25, -0.2) is 9.59 Å². The molecule has 0 saturated carbocycles. The Morgan fingerprint density at radius 1 is 1.13 bits per heavy atom. The Morgan fingerprint density at radius 2 is 1.84 bits per heavy atom. The van der Waals surface area contributed by atoms with Crippen LogP contribution in [0.4, 0.5) is 4.79 Å². The normalized spacial score (nSPS) is 19.0. The number of nitrogens with zero attached hydrogens (tertiary/aromatic N) is 1. The average molecular weight is 428 g/mol. The molecule has 1 aliphatic rings. The second-order valence-electron chi connectivity index (χ2n) is 7.18. The number of carbonyl (C=O) groups excluding carboxylic acids is 3. The zero-order chi connectivity index (χ0) is 22.6. The molecule has 1 aliphatic heterocycles. The first-order valence-corrected chi connectivity index (χ1v) is 9.56. The summed E-state index contributed by atoms with van der Waals surface area (Å²) in [5.74, 6) is 0.0347. The molecule has 2 atom stereocenters. The van der Waals surface area contributed by atoms with Crippen molar-refractivity contribution in [3.8, 4) is 11.5 Å². The van der Waals surface area contributed by atoms with Crippen LogP contribution in [0.25, 0.3) is 0 Å². The molecule has 0 aliphatic carbocycles. The molecular weight excluding hydrogens is 404 g/mol. The number of nitrogens with one attached hydrogen (secondary N) is 1. The van der Waals surface area contributed by atoms with Crippen molar-refractivity contribution in [1.29, 1.82) is 0 Å². The smallest absolute Gasteiger partial charge is 0.337 e. The summed E-state index contributed by atoms with van der Waals surface area (Å²) in [7, 11) is 2.81. The molecule has 3 rings (SSSR count). The van der Waals surface area contributed by atoms with Gasteiger partial charge in [0.05, 0.1) is 26.3 Å². The lowest BCUT2D eigenvalue weighted by molar-refractivity contribution is -0.132. The van der Waals surface area contributed by atoms with Crippen molar-refractivity contribution < 1.29 is 33.7 Å². The van der Waals surface area contributed by atoms with Gasteiger partial charge in [-0.1, -0.05) is 12.1 Å². The van der Waals surface area contributed by atoms with Crippen molar-refractivity contribution in [1.82, 2.24) is 10.2 Å². The summed E-state index contributed by atoms with van der Waals surface area (Å²) < 4.78 is 15.3. The summed E-state index contributed by atoms with van der Waals surface area (Å²) in [6.07, 6.45) is -1.11. The SMILES string of the molecule is COC(=O)c1ccc(OCC(O)CN2C(=O)NC(C)(c3cccc(OC)c3)C2=O)cc1. The summed E-state index contributed by atoms with van der Waals surface area (Å²) in [5.41, 5.74) is -0.327. The number of β-amino-alcohol motifs (C(OH)–C–C–N with tert-alkyl or cyclic N) is 1. The summed E-state index contributed by atoms with van der Waals surface area (Å²) in [6.45, 7) is 1.22. The lowest BCUT2D eigenvalue weighted by Crippen LogP contribution is -2.42. The Hall–Kier alpha value is -3.59. The Bertz CT molecular complexity index is 976. The molecule has 0 radical (unpaired) electrons. The first kappa shape index (κ1) is 22.1. The number of hydrogen-bond donors (Lipinski definition) is 2. The minimum atomic E-state index is -1.27. The quantitative estimate of drug-likeness (QED) is 0.486. The number of carbonyl (C=O) groups is 3. The topological polar surface area (TPSA) is 114 Å². The molecule has 1 saturated heterocycles. The minimum Gasteiger partial charge on any atom is -0.497 e. The monoisotopic (exact) mass is 428 g/mol. The second kappa shape index (κ2) is 9.05.